The van der Waals surface area contributed by atoms with Crippen LogP contribution in [0.1, 0.15) is 36.7 Å². The Bertz CT molecular complexity index is 860. The predicted molar refractivity (Wildman–Crippen MR) is 107 cm³/mol. The summed E-state index contributed by atoms with van der Waals surface area (Å²) in [6, 6.07) is 9.15. The monoisotopic (exact) mass is 449 g/mol. The second kappa shape index (κ2) is 9.14. The topological polar surface area (TPSA) is 80.3 Å². The molecule has 1 aromatic heterocycles. The molecular weight excluding hydrogens is 429 g/mol. The summed E-state index contributed by atoms with van der Waals surface area (Å²) in [6.45, 7) is 1.82. The van der Waals surface area contributed by atoms with E-state index in [0.717, 1.165) is 19.3 Å². The van der Waals surface area contributed by atoms with Crippen molar-refractivity contribution in [1.29, 1.82) is 0 Å². The molecule has 0 radical (unpaired) electrons. The van der Waals surface area contributed by atoms with E-state index in [1.807, 2.05) is 0 Å². The van der Waals surface area contributed by atoms with Crippen LogP contribution in [0.2, 0.25) is 0 Å². The molecule has 148 valence electrons. The van der Waals surface area contributed by atoms with Gasteiger partial charge < -0.3 is 15.4 Å². The number of halogens is 2. The van der Waals surface area contributed by atoms with Crippen LogP contribution >= 0.6 is 15.9 Å². The first-order chi connectivity index (χ1) is 13.4. The van der Waals surface area contributed by atoms with Gasteiger partial charge in [0.05, 0.1) is 6.61 Å². The fourth-order valence-corrected chi connectivity index (χ4v) is 3.65. The van der Waals surface area contributed by atoms with Gasteiger partial charge in [0.25, 0.3) is 5.91 Å². The Hall–Kier alpha value is -2.48. The van der Waals surface area contributed by atoms with E-state index in [0.29, 0.717) is 22.6 Å². The number of pyridine rings is 1. The molecule has 1 aromatic carbocycles. The molecule has 2 N–H and O–H groups in total. The van der Waals surface area contributed by atoms with Gasteiger partial charge >= 0.3 is 0 Å². The second-order valence-corrected chi connectivity index (χ2v) is 7.60. The van der Waals surface area contributed by atoms with E-state index >= 15 is 0 Å². The summed E-state index contributed by atoms with van der Waals surface area (Å²) in [5, 5.41) is 5.60. The van der Waals surface area contributed by atoms with Crippen molar-refractivity contribution in [3.05, 3.63) is 52.4 Å². The summed E-state index contributed by atoms with van der Waals surface area (Å²) in [5.74, 6) is 0.214. The molecule has 28 heavy (non-hydrogen) atoms. The SMILES string of the molecule is CC(=O)Nc1ccc(Br)c(C(=O)N[C@H]2CCC[C@@H]2COc2ccc(F)cc2)n1. The lowest BCUT2D eigenvalue weighted by atomic mass is 10.0. The third kappa shape index (κ3) is 5.28. The van der Waals surface area contributed by atoms with Gasteiger partial charge in [0, 0.05) is 23.4 Å². The molecule has 6 nitrogen and oxygen atoms in total. The van der Waals surface area contributed by atoms with Crippen molar-refractivity contribution in [2.45, 2.75) is 32.2 Å². The average molecular weight is 450 g/mol. The molecule has 0 saturated heterocycles. The summed E-state index contributed by atoms with van der Waals surface area (Å²) >= 11 is 3.34. The number of hydrogen-bond donors (Lipinski definition) is 2. The first-order valence-corrected chi connectivity index (χ1v) is 9.85. The molecule has 3 rings (SSSR count). The Morgan fingerprint density at radius 3 is 2.68 bits per heavy atom. The number of benzene rings is 1. The van der Waals surface area contributed by atoms with Crippen molar-refractivity contribution < 1.29 is 18.7 Å². The highest BCUT2D eigenvalue weighted by molar-refractivity contribution is 9.10. The molecule has 1 saturated carbocycles. The zero-order chi connectivity index (χ0) is 20.1. The van der Waals surface area contributed by atoms with Crippen LogP contribution in [0, 0.1) is 11.7 Å². The lowest BCUT2D eigenvalue weighted by Gasteiger charge is -2.21. The number of hydrogen-bond acceptors (Lipinski definition) is 4. The largest absolute Gasteiger partial charge is 0.493 e. The van der Waals surface area contributed by atoms with Gasteiger partial charge in [-0.05, 0) is 65.2 Å². The van der Waals surface area contributed by atoms with Crippen molar-refractivity contribution in [3.63, 3.8) is 0 Å². The number of carbonyl (C=O) groups is 2. The zero-order valence-corrected chi connectivity index (χ0v) is 17.0. The van der Waals surface area contributed by atoms with E-state index in [9.17, 15) is 14.0 Å². The van der Waals surface area contributed by atoms with Crippen molar-refractivity contribution in [3.8, 4) is 5.75 Å². The Morgan fingerprint density at radius 2 is 1.96 bits per heavy atom. The van der Waals surface area contributed by atoms with E-state index in [4.69, 9.17) is 4.74 Å². The van der Waals surface area contributed by atoms with E-state index < -0.39 is 0 Å². The molecule has 0 spiro atoms. The van der Waals surface area contributed by atoms with Gasteiger partial charge in [-0.25, -0.2) is 9.37 Å². The third-order valence-corrected chi connectivity index (χ3v) is 5.26. The minimum Gasteiger partial charge on any atom is -0.493 e. The Morgan fingerprint density at radius 1 is 1.21 bits per heavy atom. The zero-order valence-electron chi connectivity index (χ0n) is 15.4. The van der Waals surface area contributed by atoms with Crippen LogP contribution in [0.3, 0.4) is 0 Å². The van der Waals surface area contributed by atoms with Gasteiger partial charge in [-0.1, -0.05) is 6.42 Å². The Balaban J connectivity index is 1.62. The van der Waals surface area contributed by atoms with Crippen LogP contribution in [-0.4, -0.2) is 29.4 Å². The minimum atomic E-state index is -0.308. The smallest absolute Gasteiger partial charge is 0.271 e. The number of carbonyl (C=O) groups excluding carboxylic acids is 2. The second-order valence-electron chi connectivity index (χ2n) is 6.74. The van der Waals surface area contributed by atoms with Crippen LogP contribution in [0.5, 0.6) is 5.75 Å². The Labute approximate surface area is 171 Å². The molecule has 0 unspecified atom stereocenters. The van der Waals surface area contributed by atoms with Crippen molar-refractivity contribution in [1.82, 2.24) is 10.3 Å². The fourth-order valence-electron chi connectivity index (χ4n) is 3.25. The number of nitrogens with one attached hydrogen (secondary N) is 2. The number of anilines is 1. The summed E-state index contributed by atoms with van der Waals surface area (Å²) in [6.07, 6.45) is 2.78. The van der Waals surface area contributed by atoms with Crippen molar-refractivity contribution >= 4 is 33.6 Å². The van der Waals surface area contributed by atoms with E-state index in [2.05, 4.69) is 31.5 Å². The molecule has 1 aliphatic carbocycles. The maximum atomic E-state index is 13.0. The first-order valence-electron chi connectivity index (χ1n) is 9.06. The molecule has 2 atom stereocenters. The van der Waals surface area contributed by atoms with Crippen LogP contribution in [0.4, 0.5) is 10.2 Å². The quantitative estimate of drug-likeness (QED) is 0.700. The number of nitrogens with zero attached hydrogens (tertiary/aromatic N) is 1. The van der Waals surface area contributed by atoms with E-state index in [1.165, 1.54) is 19.1 Å². The maximum Gasteiger partial charge on any atom is 0.271 e. The first kappa shape index (κ1) is 20.3. The molecule has 8 heteroatoms. The van der Waals surface area contributed by atoms with Gasteiger partial charge in [-0.15, -0.1) is 0 Å². The number of amides is 2. The van der Waals surface area contributed by atoms with Crippen molar-refractivity contribution in [2.75, 3.05) is 11.9 Å². The van der Waals surface area contributed by atoms with Crippen LogP contribution in [0.15, 0.2) is 40.9 Å². The Kier molecular flexibility index (Phi) is 6.61. The maximum absolute atomic E-state index is 13.0. The summed E-state index contributed by atoms with van der Waals surface area (Å²) in [5.41, 5.74) is 0.219. The van der Waals surface area contributed by atoms with Crippen molar-refractivity contribution in [2.24, 2.45) is 5.92 Å². The van der Waals surface area contributed by atoms with Gasteiger partial charge in [0.1, 0.15) is 23.1 Å². The van der Waals surface area contributed by atoms with Gasteiger partial charge in [0.2, 0.25) is 5.91 Å². The van der Waals surface area contributed by atoms with Crippen LogP contribution in [0.25, 0.3) is 0 Å². The number of rotatable bonds is 6. The number of ether oxygens (including phenoxy) is 1. The average Bonchev–Trinajstić information content (AvgIpc) is 3.09. The highest BCUT2D eigenvalue weighted by Gasteiger charge is 2.30. The molecule has 1 fully saturated rings. The summed E-state index contributed by atoms with van der Waals surface area (Å²) in [7, 11) is 0. The van der Waals surface area contributed by atoms with Crippen LogP contribution in [-0.2, 0) is 4.79 Å². The molecular formula is C20H21BrFN3O3. The van der Waals surface area contributed by atoms with Gasteiger partial charge in [0.15, 0.2) is 0 Å². The molecule has 0 aliphatic heterocycles. The normalized spacial score (nSPS) is 18.5. The minimum absolute atomic E-state index is 0.0360. The molecule has 1 heterocycles. The predicted octanol–water partition coefficient (Wildman–Crippen LogP) is 3.92. The highest BCUT2D eigenvalue weighted by atomic mass is 79.9. The third-order valence-electron chi connectivity index (χ3n) is 4.62. The number of aromatic nitrogens is 1. The lowest BCUT2D eigenvalue weighted by Crippen LogP contribution is -2.39. The lowest BCUT2D eigenvalue weighted by molar-refractivity contribution is -0.114. The van der Waals surface area contributed by atoms with E-state index in [-0.39, 0.29) is 35.3 Å². The van der Waals surface area contributed by atoms with Gasteiger partial charge in [-0.2, -0.15) is 0 Å². The molecule has 1 aliphatic rings. The molecule has 2 amide bonds. The summed E-state index contributed by atoms with van der Waals surface area (Å²) < 4.78 is 19.3. The molecule has 0 bridgehead atoms. The molecule has 2 aromatic rings. The fraction of sp³-hybridized carbons (Fsp3) is 0.350. The van der Waals surface area contributed by atoms with Gasteiger partial charge in [-0.3, -0.25) is 9.59 Å². The van der Waals surface area contributed by atoms with Crippen LogP contribution < -0.4 is 15.4 Å². The highest BCUT2D eigenvalue weighted by Crippen LogP contribution is 2.27. The van der Waals surface area contributed by atoms with E-state index in [1.54, 1.807) is 24.3 Å². The standard InChI is InChI=1S/C20H21BrFN3O3/c1-12(26)23-18-10-9-16(21)19(25-18)20(27)24-17-4-2-3-13(17)11-28-15-7-5-14(22)6-8-15/h5-10,13,17H,2-4,11H2,1H3,(H,24,27)(H,23,25,26)/t13-,17+/m1/s1. The summed E-state index contributed by atoms with van der Waals surface area (Å²) in [4.78, 5) is 28.2.